The van der Waals surface area contributed by atoms with E-state index in [0.717, 1.165) is 11.0 Å². The van der Waals surface area contributed by atoms with Crippen LogP contribution in [0.5, 0.6) is 11.5 Å². The molecule has 0 saturated heterocycles. The monoisotopic (exact) mass is 403 g/mol. The molecule has 0 aliphatic carbocycles. The summed E-state index contributed by atoms with van der Waals surface area (Å²) in [5, 5.41) is 22.9. The summed E-state index contributed by atoms with van der Waals surface area (Å²) in [5.74, 6) is 0.518. The van der Waals surface area contributed by atoms with Crippen LogP contribution in [0.2, 0.25) is 0 Å². The van der Waals surface area contributed by atoms with Crippen molar-refractivity contribution in [1.82, 2.24) is 0 Å². The van der Waals surface area contributed by atoms with E-state index in [0.29, 0.717) is 11.4 Å². The summed E-state index contributed by atoms with van der Waals surface area (Å²) in [7, 11) is 1.19. The van der Waals surface area contributed by atoms with Crippen LogP contribution in [0.3, 0.4) is 0 Å². The summed E-state index contributed by atoms with van der Waals surface area (Å²) in [4.78, 5) is 34.3. The molecule has 10 heteroatoms. The molecule has 0 spiro atoms. The van der Waals surface area contributed by atoms with Crippen LogP contribution in [0, 0.1) is 10.1 Å². The van der Waals surface area contributed by atoms with E-state index in [1.807, 2.05) is 0 Å². The zero-order chi connectivity index (χ0) is 21.8. The number of nitro groups is 1. The lowest BCUT2D eigenvalue weighted by atomic mass is 10.2. The molecule has 0 aromatic heterocycles. The van der Waals surface area contributed by atoms with E-state index in [4.69, 9.17) is 14.6 Å². The minimum absolute atomic E-state index is 0.136. The van der Waals surface area contributed by atoms with Crippen molar-refractivity contribution in [2.24, 2.45) is 0 Å². The molecular formula is C19H21N3O7. The van der Waals surface area contributed by atoms with Gasteiger partial charge in [-0.1, -0.05) is 6.07 Å². The number of carboxylic acid groups (broad SMARTS) is 1. The van der Waals surface area contributed by atoms with Crippen LogP contribution in [0.15, 0.2) is 42.5 Å². The van der Waals surface area contributed by atoms with E-state index in [9.17, 15) is 19.7 Å². The van der Waals surface area contributed by atoms with Crippen molar-refractivity contribution < 1.29 is 29.1 Å². The highest BCUT2D eigenvalue weighted by Crippen LogP contribution is 2.34. The van der Waals surface area contributed by atoms with Crippen LogP contribution in [-0.4, -0.2) is 34.9 Å². The Labute approximate surface area is 166 Å². The van der Waals surface area contributed by atoms with E-state index in [2.05, 4.69) is 5.32 Å². The molecule has 29 heavy (non-hydrogen) atoms. The van der Waals surface area contributed by atoms with Gasteiger partial charge in [0.25, 0.3) is 5.69 Å². The van der Waals surface area contributed by atoms with Crippen LogP contribution in [-0.2, 0) is 4.74 Å². The van der Waals surface area contributed by atoms with E-state index in [1.165, 1.54) is 25.2 Å². The first-order valence-corrected chi connectivity index (χ1v) is 8.49. The predicted molar refractivity (Wildman–Crippen MR) is 106 cm³/mol. The second kappa shape index (κ2) is 8.46. The second-order valence-electron chi connectivity index (χ2n) is 7.01. The Hall–Kier alpha value is -3.82. The molecule has 2 aromatic carbocycles. The number of nitrogens with zero attached hydrogens (tertiary/aromatic N) is 2. The maximum absolute atomic E-state index is 11.9. The molecule has 0 fully saturated rings. The third-order valence-corrected chi connectivity index (χ3v) is 3.51. The van der Waals surface area contributed by atoms with Crippen LogP contribution in [0.25, 0.3) is 0 Å². The fourth-order valence-electron chi connectivity index (χ4n) is 2.29. The van der Waals surface area contributed by atoms with Gasteiger partial charge in [0.2, 0.25) is 0 Å². The predicted octanol–water partition coefficient (Wildman–Crippen LogP) is 4.85. The molecule has 0 heterocycles. The van der Waals surface area contributed by atoms with Crippen molar-refractivity contribution >= 4 is 29.2 Å². The summed E-state index contributed by atoms with van der Waals surface area (Å²) < 4.78 is 10.9. The normalized spacial score (nSPS) is 10.8. The van der Waals surface area contributed by atoms with Gasteiger partial charge in [-0.2, -0.15) is 0 Å². The minimum Gasteiger partial charge on any atom is -0.465 e. The van der Waals surface area contributed by atoms with Crippen LogP contribution in [0.1, 0.15) is 20.8 Å². The summed E-state index contributed by atoms with van der Waals surface area (Å²) in [6.07, 6.45) is -1.98. The van der Waals surface area contributed by atoms with Crippen LogP contribution >= 0.6 is 0 Å². The summed E-state index contributed by atoms with van der Waals surface area (Å²) in [6, 6.07) is 10.2. The van der Waals surface area contributed by atoms with Gasteiger partial charge in [-0.15, -0.1) is 0 Å². The first-order chi connectivity index (χ1) is 13.5. The molecule has 0 saturated carbocycles. The molecule has 0 atom stereocenters. The van der Waals surface area contributed by atoms with E-state index < -0.39 is 22.7 Å². The second-order valence-corrected chi connectivity index (χ2v) is 7.01. The van der Waals surface area contributed by atoms with Crippen LogP contribution in [0.4, 0.5) is 26.7 Å². The Kier molecular flexibility index (Phi) is 6.27. The average molecular weight is 403 g/mol. The number of nitrogens with one attached hydrogen (secondary N) is 1. The summed E-state index contributed by atoms with van der Waals surface area (Å²) in [5.41, 5.74) is -0.740. The maximum atomic E-state index is 11.9. The minimum atomic E-state index is -1.35. The number of benzene rings is 2. The van der Waals surface area contributed by atoms with Crippen molar-refractivity contribution in [3.63, 3.8) is 0 Å². The third-order valence-electron chi connectivity index (χ3n) is 3.51. The van der Waals surface area contributed by atoms with Crippen molar-refractivity contribution in [3.8, 4) is 11.5 Å². The number of hydrogen-bond donors (Lipinski definition) is 2. The highest BCUT2D eigenvalue weighted by atomic mass is 16.6. The smallest absolute Gasteiger partial charge is 0.412 e. The third kappa shape index (κ3) is 6.09. The Morgan fingerprint density at radius 3 is 2.38 bits per heavy atom. The summed E-state index contributed by atoms with van der Waals surface area (Å²) in [6.45, 7) is 5.23. The molecule has 10 nitrogen and oxygen atoms in total. The Bertz CT molecular complexity index is 938. The van der Waals surface area contributed by atoms with Gasteiger partial charge in [0, 0.05) is 30.9 Å². The SMILES string of the molecule is CN(C(=O)O)c1cc(Oc2cccc(NC(=O)OC(C)(C)C)c2)ccc1[N+](=O)[O-]. The number of carbonyl (C=O) groups is 2. The lowest BCUT2D eigenvalue weighted by molar-refractivity contribution is -0.384. The first kappa shape index (κ1) is 21.5. The largest absolute Gasteiger partial charge is 0.465 e. The van der Waals surface area contributed by atoms with Crippen LogP contribution < -0.4 is 15.0 Å². The van der Waals surface area contributed by atoms with Gasteiger partial charge in [-0.25, -0.2) is 9.59 Å². The van der Waals surface area contributed by atoms with Crippen molar-refractivity contribution in [2.75, 3.05) is 17.3 Å². The molecule has 0 aliphatic rings. The molecule has 2 N–H and O–H groups in total. The molecule has 2 aromatic rings. The van der Waals surface area contributed by atoms with Gasteiger partial charge < -0.3 is 14.6 Å². The van der Waals surface area contributed by atoms with Gasteiger partial charge in [-0.05, 0) is 39.0 Å². The molecular weight excluding hydrogens is 382 g/mol. The zero-order valence-electron chi connectivity index (χ0n) is 16.3. The Balaban J connectivity index is 2.24. The molecule has 154 valence electrons. The first-order valence-electron chi connectivity index (χ1n) is 8.49. The molecule has 2 amide bonds. The molecule has 0 aliphatic heterocycles. The topological polar surface area (TPSA) is 131 Å². The molecule has 0 radical (unpaired) electrons. The molecule has 0 bridgehead atoms. The number of anilines is 2. The number of amides is 2. The number of rotatable bonds is 5. The van der Waals surface area contributed by atoms with Gasteiger partial charge in [-0.3, -0.25) is 20.3 Å². The average Bonchev–Trinajstić information content (AvgIpc) is 2.59. The van der Waals surface area contributed by atoms with E-state index in [1.54, 1.807) is 39.0 Å². The highest BCUT2D eigenvalue weighted by molar-refractivity contribution is 5.89. The fourth-order valence-corrected chi connectivity index (χ4v) is 2.29. The van der Waals surface area contributed by atoms with Gasteiger partial charge >= 0.3 is 12.2 Å². The Morgan fingerprint density at radius 1 is 1.14 bits per heavy atom. The van der Waals surface area contributed by atoms with Gasteiger partial charge in [0.05, 0.1) is 4.92 Å². The van der Waals surface area contributed by atoms with Crippen molar-refractivity contribution in [1.29, 1.82) is 0 Å². The van der Waals surface area contributed by atoms with E-state index >= 15 is 0 Å². The lowest BCUT2D eigenvalue weighted by Gasteiger charge is -2.19. The fraction of sp³-hybridized carbons (Fsp3) is 0.263. The van der Waals surface area contributed by atoms with Crippen molar-refractivity contribution in [3.05, 3.63) is 52.6 Å². The number of hydrogen-bond acceptors (Lipinski definition) is 6. The number of carbonyl (C=O) groups excluding carboxylic acids is 1. The highest BCUT2D eigenvalue weighted by Gasteiger charge is 2.22. The van der Waals surface area contributed by atoms with Gasteiger partial charge in [0.15, 0.2) is 0 Å². The molecule has 2 rings (SSSR count). The summed E-state index contributed by atoms with van der Waals surface area (Å²) >= 11 is 0. The quantitative estimate of drug-likeness (QED) is 0.539. The zero-order valence-corrected chi connectivity index (χ0v) is 16.3. The molecule has 0 unspecified atom stereocenters. The van der Waals surface area contributed by atoms with Gasteiger partial charge in [0.1, 0.15) is 22.8 Å². The standard InChI is InChI=1S/C19H21N3O7/c1-19(2,3)29-17(23)20-12-6-5-7-13(10-12)28-14-8-9-15(22(26)27)16(11-14)21(4)18(24)25/h5-11H,1-4H3,(H,20,23)(H,24,25). The Morgan fingerprint density at radius 2 is 1.79 bits per heavy atom. The van der Waals surface area contributed by atoms with E-state index in [-0.39, 0.29) is 17.1 Å². The number of ether oxygens (including phenoxy) is 2. The number of nitro benzene ring substituents is 1. The van der Waals surface area contributed by atoms with Crippen molar-refractivity contribution in [2.45, 2.75) is 26.4 Å². The maximum Gasteiger partial charge on any atom is 0.412 e. The lowest BCUT2D eigenvalue weighted by Crippen LogP contribution is -2.27.